The van der Waals surface area contributed by atoms with E-state index in [2.05, 4.69) is 5.32 Å². The van der Waals surface area contributed by atoms with Gasteiger partial charge < -0.3 is 11.1 Å². The van der Waals surface area contributed by atoms with Gasteiger partial charge >= 0.3 is 0 Å². The summed E-state index contributed by atoms with van der Waals surface area (Å²) in [4.78, 5) is 0. The van der Waals surface area contributed by atoms with E-state index in [1.165, 1.54) is 12.1 Å². The predicted molar refractivity (Wildman–Crippen MR) is 47.2 cm³/mol. The first-order valence-electron chi connectivity index (χ1n) is 4.00. The van der Waals surface area contributed by atoms with E-state index in [1.54, 1.807) is 7.05 Å². The highest BCUT2D eigenvalue weighted by molar-refractivity contribution is 5.21. The molecule has 0 fully saturated rings. The third-order valence-electron chi connectivity index (χ3n) is 1.87. The zero-order valence-electron chi connectivity index (χ0n) is 7.35. The molecule has 13 heavy (non-hydrogen) atoms. The molecular formula is C9H12F2N2. The van der Waals surface area contributed by atoms with Crippen molar-refractivity contribution in [3.63, 3.8) is 0 Å². The maximum absolute atomic E-state index is 12.8. The fraction of sp³-hybridized carbons (Fsp3) is 0.333. The topological polar surface area (TPSA) is 38.0 Å². The van der Waals surface area contributed by atoms with Crippen molar-refractivity contribution in [3.8, 4) is 0 Å². The minimum Gasteiger partial charge on any atom is -0.329 e. The normalized spacial score (nSPS) is 12.9. The third kappa shape index (κ3) is 2.47. The predicted octanol–water partition coefficient (Wildman–Crippen LogP) is 1.18. The van der Waals surface area contributed by atoms with E-state index < -0.39 is 11.6 Å². The van der Waals surface area contributed by atoms with E-state index in [9.17, 15) is 8.78 Å². The van der Waals surface area contributed by atoms with Crippen molar-refractivity contribution in [2.75, 3.05) is 13.6 Å². The van der Waals surface area contributed by atoms with Crippen molar-refractivity contribution in [1.82, 2.24) is 5.32 Å². The molecule has 0 unspecified atom stereocenters. The lowest BCUT2D eigenvalue weighted by atomic mass is 10.1. The number of hydrogen-bond donors (Lipinski definition) is 2. The van der Waals surface area contributed by atoms with Gasteiger partial charge in [-0.15, -0.1) is 0 Å². The van der Waals surface area contributed by atoms with Gasteiger partial charge in [0, 0.05) is 18.7 Å². The van der Waals surface area contributed by atoms with Crippen LogP contribution in [-0.2, 0) is 0 Å². The van der Waals surface area contributed by atoms with Crippen LogP contribution in [0.25, 0.3) is 0 Å². The summed E-state index contributed by atoms with van der Waals surface area (Å²) in [5.41, 5.74) is 5.94. The van der Waals surface area contributed by atoms with Gasteiger partial charge in [-0.25, -0.2) is 8.78 Å². The van der Waals surface area contributed by atoms with Crippen LogP contribution in [-0.4, -0.2) is 13.6 Å². The summed E-state index contributed by atoms with van der Waals surface area (Å²) in [5, 5.41) is 2.86. The summed E-state index contributed by atoms with van der Waals surface area (Å²) in [6.07, 6.45) is 0. The van der Waals surface area contributed by atoms with Crippen LogP contribution in [0.3, 0.4) is 0 Å². The molecule has 0 heterocycles. The Hall–Kier alpha value is -1.00. The summed E-state index contributed by atoms with van der Waals surface area (Å²) >= 11 is 0. The Morgan fingerprint density at radius 3 is 2.23 bits per heavy atom. The van der Waals surface area contributed by atoms with Crippen LogP contribution >= 0.6 is 0 Å². The molecule has 0 radical (unpaired) electrons. The number of rotatable bonds is 3. The standard InChI is InChI=1S/C9H12F2N2/c1-13-9(5-12)6-2-7(10)4-8(11)3-6/h2-4,9,13H,5,12H2,1H3/t9-/m0/s1. The highest BCUT2D eigenvalue weighted by Crippen LogP contribution is 2.14. The van der Waals surface area contributed by atoms with Gasteiger partial charge in [0.2, 0.25) is 0 Å². The summed E-state index contributed by atoms with van der Waals surface area (Å²) in [6.45, 7) is 0.305. The number of halogens is 2. The minimum absolute atomic E-state index is 0.204. The van der Waals surface area contributed by atoms with Gasteiger partial charge in [-0.2, -0.15) is 0 Å². The molecule has 0 bridgehead atoms. The Balaban J connectivity index is 2.99. The van der Waals surface area contributed by atoms with E-state index in [0.717, 1.165) is 6.07 Å². The van der Waals surface area contributed by atoms with Crippen LogP contribution in [0.2, 0.25) is 0 Å². The summed E-state index contributed by atoms with van der Waals surface area (Å²) in [5.74, 6) is -1.16. The second-order valence-electron chi connectivity index (χ2n) is 2.78. The largest absolute Gasteiger partial charge is 0.329 e. The second-order valence-corrected chi connectivity index (χ2v) is 2.78. The van der Waals surface area contributed by atoms with Gasteiger partial charge in [-0.1, -0.05) is 0 Å². The highest BCUT2D eigenvalue weighted by Gasteiger charge is 2.09. The van der Waals surface area contributed by atoms with Crippen LogP contribution in [0.4, 0.5) is 8.78 Å². The first-order chi connectivity index (χ1) is 6.17. The molecule has 0 amide bonds. The monoisotopic (exact) mass is 186 g/mol. The fourth-order valence-corrected chi connectivity index (χ4v) is 1.20. The molecule has 0 aromatic heterocycles. The fourth-order valence-electron chi connectivity index (χ4n) is 1.20. The SMILES string of the molecule is CN[C@@H](CN)c1cc(F)cc(F)c1. The Morgan fingerprint density at radius 2 is 1.85 bits per heavy atom. The molecule has 0 saturated carbocycles. The number of benzene rings is 1. The van der Waals surface area contributed by atoms with Gasteiger partial charge in [0.15, 0.2) is 0 Å². The van der Waals surface area contributed by atoms with Gasteiger partial charge in [-0.3, -0.25) is 0 Å². The van der Waals surface area contributed by atoms with E-state index in [-0.39, 0.29) is 6.04 Å². The average molecular weight is 186 g/mol. The zero-order valence-corrected chi connectivity index (χ0v) is 7.35. The molecule has 0 spiro atoms. The first kappa shape index (κ1) is 10.1. The van der Waals surface area contributed by atoms with Crippen molar-refractivity contribution in [2.24, 2.45) is 5.73 Å². The highest BCUT2D eigenvalue weighted by atomic mass is 19.1. The van der Waals surface area contributed by atoms with E-state index in [4.69, 9.17) is 5.73 Å². The maximum atomic E-state index is 12.8. The number of nitrogens with two attached hydrogens (primary N) is 1. The molecule has 72 valence electrons. The quantitative estimate of drug-likeness (QED) is 0.744. The van der Waals surface area contributed by atoms with E-state index >= 15 is 0 Å². The first-order valence-corrected chi connectivity index (χ1v) is 4.00. The van der Waals surface area contributed by atoms with Crippen molar-refractivity contribution in [3.05, 3.63) is 35.4 Å². The number of nitrogens with one attached hydrogen (secondary N) is 1. The molecule has 0 aliphatic heterocycles. The van der Waals surface area contributed by atoms with Crippen LogP contribution in [0.15, 0.2) is 18.2 Å². The molecule has 0 aliphatic carbocycles. The molecule has 1 aromatic rings. The Morgan fingerprint density at radius 1 is 1.31 bits per heavy atom. The Kier molecular flexibility index (Phi) is 3.33. The number of hydrogen-bond acceptors (Lipinski definition) is 2. The van der Waals surface area contributed by atoms with Crippen molar-refractivity contribution in [2.45, 2.75) is 6.04 Å². The lowest BCUT2D eigenvalue weighted by Crippen LogP contribution is -2.25. The molecular weight excluding hydrogens is 174 g/mol. The minimum atomic E-state index is -0.580. The van der Waals surface area contributed by atoms with Crippen LogP contribution in [0.1, 0.15) is 11.6 Å². The van der Waals surface area contributed by atoms with Gasteiger partial charge in [-0.05, 0) is 24.7 Å². The Bertz CT molecular complexity index is 265. The van der Waals surface area contributed by atoms with E-state index in [1.807, 2.05) is 0 Å². The molecule has 1 rings (SSSR count). The molecule has 0 saturated heterocycles. The molecule has 4 heteroatoms. The van der Waals surface area contributed by atoms with Crippen LogP contribution in [0.5, 0.6) is 0 Å². The summed E-state index contributed by atoms with van der Waals surface area (Å²) in [7, 11) is 1.69. The summed E-state index contributed by atoms with van der Waals surface area (Å²) < 4.78 is 25.5. The van der Waals surface area contributed by atoms with E-state index in [0.29, 0.717) is 12.1 Å². The molecule has 3 N–H and O–H groups in total. The maximum Gasteiger partial charge on any atom is 0.126 e. The van der Waals surface area contributed by atoms with Crippen LogP contribution in [0, 0.1) is 11.6 Å². The van der Waals surface area contributed by atoms with Gasteiger partial charge in [0.1, 0.15) is 11.6 Å². The Labute approximate surface area is 75.7 Å². The summed E-state index contributed by atoms with van der Waals surface area (Å²) in [6, 6.07) is 3.19. The molecule has 1 atom stereocenters. The van der Waals surface area contributed by atoms with Crippen molar-refractivity contribution in [1.29, 1.82) is 0 Å². The van der Waals surface area contributed by atoms with Gasteiger partial charge in [0.25, 0.3) is 0 Å². The van der Waals surface area contributed by atoms with Crippen LogP contribution < -0.4 is 11.1 Å². The number of likely N-dealkylation sites (N-methyl/N-ethyl adjacent to an activating group) is 1. The smallest absolute Gasteiger partial charge is 0.126 e. The average Bonchev–Trinajstić information content (AvgIpc) is 2.04. The second kappa shape index (κ2) is 4.30. The molecule has 1 aromatic carbocycles. The van der Waals surface area contributed by atoms with Crippen molar-refractivity contribution >= 4 is 0 Å². The van der Waals surface area contributed by atoms with Crippen molar-refractivity contribution < 1.29 is 8.78 Å². The zero-order chi connectivity index (χ0) is 9.84. The molecule has 2 nitrogen and oxygen atoms in total. The lowest BCUT2D eigenvalue weighted by Gasteiger charge is -2.13. The van der Waals surface area contributed by atoms with Gasteiger partial charge in [0.05, 0.1) is 0 Å². The third-order valence-corrected chi connectivity index (χ3v) is 1.87. The lowest BCUT2D eigenvalue weighted by molar-refractivity contribution is 0.557. The molecule has 0 aliphatic rings.